The number of nitrogens with zero attached hydrogens (tertiary/aromatic N) is 1. The Morgan fingerprint density at radius 1 is 1.28 bits per heavy atom. The van der Waals surface area contributed by atoms with E-state index in [1.165, 1.54) is 18.1 Å². The van der Waals surface area contributed by atoms with Crippen LogP contribution in [0.4, 0.5) is 19.3 Å². The maximum Gasteiger partial charge on any atom is 0.325 e. The lowest BCUT2D eigenvalue weighted by molar-refractivity contribution is 0.0349. The number of hydrogen-bond acceptors (Lipinski definition) is 3. The van der Waals surface area contributed by atoms with Crippen molar-refractivity contribution in [2.24, 2.45) is 0 Å². The van der Waals surface area contributed by atoms with Crippen molar-refractivity contribution in [3.05, 3.63) is 53.6 Å². The summed E-state index contributed by atoms with van der Waals surface area (Å²) >= 11 is 0. The topological polar surface area (TPSA) is 50.8 Å². The van der Waals surface area contributed by atoms with Gasteiger partial charge in [-0.1, -0.05) is 12.1 Å². The summed E-state index contributed by atoms with van der Waals surface area (Å²) in [5.41, 5.74) is -0.00960. The van der Waals surface area contributed by atoms with Crippen LogP contribution in [0.25, 0.3) is 0 Å². The minimum Gasteiger partial charge on any atom is -0.493 e. The van der Waals surface area contributed by atoms with Crippen LogP contribution in [0.15, 0.2) is 36.4 Å². The molecule has 4 rings (SSSR count). The largest absolute Gasteiger partial charge is 0.493 e. The Balaban J connectivity index is 1.82. The van der Waals surface area contributed by atoms with Crippen LogP contribution in [0, 0.1) is 11.6 Å². The molecule has 2 aliphatic rings. The normalized spacial score (nSPS) is 24.2. The van der Waals surface area contributed by atoms with Gasteiger partial charge in [-0.15, -0.1) is 0 Å². The van der Waals surface area contributed by atoms with E-state index in [2.05, 4.69) is 5.32 Å². The molecule has 1 saturated heterocycles. The highest BCUT2D eigenvalue weighted by Crippen LogP contribution is 2.49. The molecule has 1 N–H and O–H groups in total. The highest BCUT2D eigenvalue weighted by Gasteiger charge is 2.50. The Hall–Kier alpha value is -2.83. The number of fused-ring (bicyclic) bond motifs is 4. The summed E-state index contributed by atoms with van der Waals surface area (Å²) in [4.78, 5) is 14.0. The molecule has 2 aromatic rings. The highest BCUT2D eigenvalue weighted by atomic mass is 19.2. The van der Waals surface area contributed by atoms with Crippen LogP contribution in [0.2, 0.25) is 0 Å². The third-order valence-corrected chi connectivity index (χ3v) is 4.64. The van der Waals surface area contributed by atoms with Crippen LogP contribution in [0.3, 0.4) is 0 Å². The number of hydrogen-bond donors (Lipinski definition) is 1. The molecule has 130 valence electrons. The second-order valence-electron chi connectivity index (χ2n) is 6.30. The molecule has 0 aliphatic carbocycles. The van der Waals surface area contributed by atoms with Gasteiger partial charge in [0.1, 0.15) is 0 Å². The summed E-state index contributed by atoms with van der Waals surface area (Å²) in [6.07, 6.45) is 0.456. The van der Waals surface area contributed by atoms with E-state index in [1.54, 1.807) is 13.0 Å². The smallest absolute Gasteiger partial charge is 0.325 e. The third kappa shape index (κ3) is 2.30. The van der Waals surface area contributed by atoms with E-state index in [1.807, 2.05) is 12.1 Å². The van der Waals surface area contributed by atoms with Gasteiger partial charge >= 0.3 is 6.03 Å². The van der Waals surface area contributed by atoms with E-state index in [0.29, 0.717) is 17.9 Å². The molecule has 2 amide bonds. The van der Waals surface area contributed by atoms with Crippen molar-refractivity contribution in [1.29, 1.82) is 0 Å². The standard InChI is InChI=1S/C18H16F2N2O3/c1-18-9-14(11-4-3-5-15(24-2)16(11)25-18)21-17(23)22(18)10-6-7-12(19)13(20)8-10/h3-8,14H,9H2,1-2H3,(H,21,23)/t14-,18+/m1/s1. The van der Waals surface area contributed by atoms with Gasteiger partial charge in [0.2, 0.25) is 0 Å². The lowest BCUT2D eigenvalue weighted by Crippen LogP contribution is -2.65. The van der Waals surface area contributed by atoms with Gasteiger partial charge in [-0.25, -0.2) is 13.6 Å². The van der Waals surface area contributed by atoms with Crippen molar-refractivity contribution in [3.63, 3.8) is 0 Å². The highest BCUT2D eigenvalue weighted by molar-refractivity contribution is 5.95. The fraction of sp³-hybridized carbons (Fsp3) is 0.278. The lowest BCUT2D eigenvalue weighted by Gasteiger charge is -2.50. The first-order valence-corrected chi connectivity index (χ1v) is 7.84. The number of ether oxygens (including phenoxy) is 2. The Bertz CT molecular complexity index is 873. The molecule has 5 nitrogen and oxygen atoms in total. The van der Waals surface area contributed by atoms with Crippen LogP contribution in [-0.2, 0) is 0 Å². The minimum absolute atomic E-state index is 0.218. The van der Waals surface area contributed by atoms with Gasteiger partial charge in [0, 0.05) is 18.1 Å². The molecule has 0 aromatic heterocycles. The molecule has 2 aromatic carbocycles. The van der Waals surface area contributed by atoms with Crippen molar-refractivity contribution in [3.8, 4) is 11.5 Å². The zero-order valence-electron chi connectivity index (χ0n) is 13.7. The van der Waals surface area contributed by atoms with Gasteiger partial charge in [-0.05, 0) is 25.1 Å². The van der Waals surface area contributed by atoms with Gasteiger partial charge < -0.3 is 14.8 Å². The molecule has 0 radical (unpaired) electrons. The van der Waals surface area contributed by atoms with Crippen molar-refractivity contribution >= 4 is 11.7 Å². The Kier molecular flexibility index (Phi) is 3.35. The Morgan fingerprint density at radius 2 is 2.08 bits per heavy atom. The van der Waals surface area contributed by atoms with Crippen molar-refractivity contribution < 1.29 is 23.0 Å². The molecule has 7 heteroatoms. The average molecular weight is 346 g/mol. The Labute approximate surface area is 143 Å². The van der Waals surface area contributed by atoms with E-state index in [0.717, 1.165) is 17.7 Å². The van der Waals surface area contributed by atoms with Gasteiger partial charge in [-0.2, -0.15) is 0 Å². The number of methoxy groups -OCH3 is 1. The predicted octanol–water partition coefficient (Wildman–Crippen LogP) is 3.74. The number of carbonyl (C=O) groups is 1. The number of amides is 2. The van der Waals surface area contributed by atoms with Crippen LogP contribution < -0.4 is 19.7 Å². The zero-order chi connectivity index (χ0) is 17.8. The van der Waals surface area contributed by atoms with Crippen molar-refractivity contribution in [1.82, 2.24) is 5.32 Å². The Morgan fingerprint density at radius 3 is 2.80 bits per heavy atom. The quantitative estimate of drug-likeness (QED) is 0.901. The summed E-state index contributed by atoms with van der Waals surface area (Å²) in [5, 5.41) is 2.90. The predicted molar refractivity (Wildman–Crippen MR) is 86.8 cm³/mol. The first-order valence-electron chi connectivity index (χ1n) is 7.84. The first kappa shape index (κ1) is 15.7. The number of nitrogens with one attached hydrogen (secondary N) is 1. The van der Waals surface area contributed by atoms with Crippen LogP contribution in [0.1, 0.15) is 24.9 Å². The van der Waals surface area contributed by atoms with Gasteiger partial charge in [0.15, 0.2) is 28.9 Å². The maximum atomic E-state index is 13.7. The number of benzene rings is 2. The summed E-state index contributed by atoms with van der Waals surface area (Å²) in [6, 6.07) is 8.12. The fourth-order valence-electron chi connectivity index (χ4n) is 3.54. The van der Waals surface area contributed by atoms with Gasteiger partial charge in [0.25, 0.3) is 0 Å². The van der Waals surface area contributed by atoms with E-state index in [-0.39, 0.29) is 11.7 Å². The van der Waals surface area contributed by atoms with Crippen LogP contribution in [-0.4, -0.2) is 18.9 Å². The molecular weight excluding hydrogens is 330 g/mol. The van der Waals surface area contributed by atoms with E-state index in [4.69, 9.17) is 9.47 Å². The van der Waals surface area contributed by atoms with E-state index < -0.39 is 23.4 Å². The summed E-state index contributed by atoms with van der Waals surface area (Å²) in [5.74, 6) is -0.906. The van der Waals surface area contributed by atoms with E-state index >= 15 is 0 Å². The number of urea groups is 1. The number of halogens is 2. The fourth-order valence-corrected chi connectivity index (χ4v) is 3.54. The minimum atomic E-state index is -1.06. The zero-order valence-corrected chi connectivity index (χ0v) is 13.7. The molecule has 0 saturated carbocycles. The summed E-state index contributed by atoms with van der Waals surface area (Å²) in [7, 11) is 1.54. The number of rotatable bonds is 2. The van der Waals surface area contributed by atoms with Gasteiger partial charge in [-0.3, -0.25) is 4.90 Å². The van der Waals surface area contributed by atoms with Crippen LogP contribution in [0.5, 0.6) is 11.5 Å². The second kappa shape index (κ2) is 5.34. The summed E-state index contributed by atoms with van der Waals surface area (Å²) in [6.45, 7) is 1.75. The molecule has 1 fully saturated rings. The number of anilines is 1. The maximum absolute atomic E-state index is 13.7. The molecule has 25 heavy (non-hydrogen) atoms. The number of carbonyl (C=O) groups excluding carboxylic acids is 1. The molecule has 2 atom stereocenters. The average Bonchev–Trinajstić information content (AvgIpc) is 2.57. The molecule has 0 unspecified atom stereocenters. The van der Waals surface area contributed by atoms with Crippen molar-refractivity contribution in [2.45, 2.75) is 25.1 Å². The summed E-state index contributed by atoms with van der Waals surface area (Å²) < 4.78 is 38.4. The first-order chi connectivity index (χ1) is 11.9. The molecule has 0 spiro atoms. The van der Waals surface area contributed by atoms with Crippen LogP contribution >= 0.6 is 0 Å². The molecule has 2 aliphatic heterocycles. The van der Waals surface area contributed by atoms with Gasteiger partial charge in [0.05, 0.1) is 18.8 Å². The number of para-hydroxylation sites is 1. The lowest BCUT2D eigenvalue weighted by atomic mass is 9.90. The molecule has 2 heterocycles. The third-order valence-electron chi connectivity index (χ3n) is 4.64. The second-order valence-corrected chi connectivity index (χ2v) is 6.30. The molecule has 2 bridgehead atoms. The SMILES string of the molecule is COc1cccc2c1O[C@@]1(C)C[C@H]2NC(=O)N1c1ccc(F)c(F)c1. The van der Waals surface area contributed by atoms with E-state index in [9.17, 15) is 13.6 Å². The van der Waals surface area contributed by atoms with Crippen molar-refractivity contribution in [2.75, 3.05) is 12.0 Å². The molecular formula is C18H16F2N2O3. The monoisotopic (exact) mass is 346 g/mol.